The topological polar surface area (TPSA) is 22.8 Å². The van der Waals surface area contributed by atoms with Crippen molar-refractivity contribution in [1.82, 2.24) is 14.3 Å². The van der Waals surface area contributed by atoms with E-state index >= 15 is 0 Å². The zero-order chi connectivity index (χ0) is 12.5. The maximum atomic E-state index is 4.21. The van der Waals surface area contributed by atoms with Gasteiger partial charge in [0, 0.05) is 31.0 Å². The van der Waals surface area contributed by atoms with Crippen LogP contribution in [-0.2, 0) is 20.0 Å². The molecule has 0 radical (unpaired) electrons. The van der Waals surface area contributed by atoms with E-state index in [0.29, 0.717) is 0 Å². The largest absolute Gasteiger partial charge is 0.345 e. The fourth-order valence-electron chi connectivity index (χ4n) is 2.49. The number of para-hydroxylation sites is 1. The highest BCUT2D eigenvalue weighted by atomic mass is 15.2. The maximum absolute atomic E-state index is 4.21. The van der Waals surface area contributed by atoms with Crippen LogP contribution in [0.5, 0.6) is 0 Å². The minimum Gasteiger partial charge on any atom is -0.345 e. The summed E-state index contributed by atoms with van der Waals surface area (Å²) in [6.45, 7) is 3.17. The van der Waals surface area contributed by atoms with Crippen LogP contribution in [0.3, 0.4) is 0 Å². The van der Waals surface area contributed by atoms with E-state index in [1.807, 2.05) is 17.9 Å². The lowest BCUT2D eigenvalue weighted by molar-refractivity contribution is 0.702. The van der Waals surface area contributed by atoms with Gasteiger partial charge in [0.15, 0.2) is 0 Å². The van der Waals surface area contributed by atoms with Gasteiger partial charge in [-0.2, -0.15) is 5.10 Å². The van der Waals surface area contributed by atoms with Crippen LogP contribution < -0.4 is 0 Å². The van der Waals surface area contributed by atoms with Gasteiger partial charge < -0.3 is 4.57 Å². The van der Waals surface area contributed by atoms with Gasteiger partial charge in [0.1, 0.15) is 0 Å². The van der Waals surface area contributed by atoms with Crippen molar-refractivity contribution < 1.29 is 0 Å². The molecule has 0 saturated carbocycles. The molecule has 0 amide bonds. The molecular weight excluding hydrogens is 222 g/mol. The number of nitrogens with zero attached hydrogens (tertiary/aromatic N) is 3. The first kappa shape index (κ1) is 11.1. The molecule has 0 N–H and O–H groups in total. The predicted octanol–water partition coefficient (Wildman–Crippen LogP) is 2.93. The minimum atomic E-state index is 1.00. The summed E-state index contributed by atoms with van der Waals surface area (Å²) in [7, 11) is 1.96. The van der Waals surface area contributed by atoms with Crippen LogP contribution in [0, 0.1) is 6.92 Å². The smallest absolute Gasteiger partial charge is 0.0522 e. The van der Waals surface area contributed by atoms with Gasteiger partial charge in [-0.15, -0.1) is 0 Å². The van der Waals surface area contributed by atoms with E-state index in [9.17, 15) is 0 Å². The molecule has 3 rings (SSSR count). The van der Waals surface area contributed by atoms with Crippen molar-refractivity contribution in [2.75, 3.05) is 0 Å². The fraction of sp³-hybridized carbons (Fsp3) is 0.267. The van der Waals surface area contributed by atoms with E-state index in [-0.39, 0.29) is 0 Å². The summed E-state index contributed by atoms with van der Waals surface area (Å²) in [5.74, 6) is 0. The van der Waals surface area contributed by atoms with Gasteiger partial charge in [0.2, 0.25) is 0 Å². The summed E-state index contributed by atoms with van der Waals surface area (Å²) < 4.78 is 4.23. The van der Waals surface area contributed by atoms with Crippen molar-refractivity contribution in [3.05, 3.63) is 54.0 Å². The molecule has 2 heterocycles. The first-order valence-corrected chi connectivity index (χ1v) is 6.26. The zero-order valence-corrected chi connectivity index (χ0v) is 10.8. The molecule has 0 aliphatic heterocycles. The van der Waals surface area contributed by atoms with Crippen molar-refractivity contribution in [1.29, 1.82) is 0 Å². The van der Waals surface area contributed by atoms with Gasteiger partial charge in [-0.3, -0.25) is 4.68 Å². The molecule has 0 aliphatic carbocycles. The lowest BCUT2D eigenvalue weighted by Gasteiger charge is -2.07. The Morgan fingerprint density at radius 1 is 1.22 bits per heavy atom. The average molecular weight is 239 g/mol. The Labute approximate surface area is 107 Å². The van der Waals surface area contributed by atoms with Crippen molar-refractivity contribution in [3.8, 4) is 0 Å². The van der Waals surface area contributed by atoms with Crippen LogP contribution in [0.15, 0.2) is 42.7 Å². The maximum Gasteiger partial charge on any atom is 0.0522 e. The second-order valence-electron chi connectivity index (χ2n) is 4.77. The Bertz CT molecular complexity index is 676. The summed E-state index contributed by atoms with van der Waals surface area (Å²) in [5.41, 5.74) is 3.92. The number of aryl methyl sites for hydroxylation is 4. The fourth-order valence-corrected chi connectivity index (χ4v) is 2.49. The molecule has 3 nitrogen and oxygen atoms in total. The second kappa shape index (κ2) is 4.33. The number of fused-ring (bicyclic) bond motifs is 1. The minimum absolute atomic E-state index is 1.00. The Morgan fingerprint density at radius 3 is 2.83 bits per heavy atom. The van der Waals surface area contributed by atoms with E-state index in [1.54, 1.807) is 0 Å². The molecule has 0 unspecified atom stereocenters. The zero-order valence-electron chi connectivity index (χ0n) is 10.8. The molecule has 0 aliphatic rings. The van der Waals surface area contributed by atoms with Crippen LogP contribution in [0.4, 0.5) is 0 Å². The van der Waals surface area contributed by atoms with E-state index in [2.05, 4.69) is 53.1 Å². The standard InChI is InChI=1S/C15H17N3/c1-12-9-14-5-3-4-6-15(14)18(12)8-7-13-10-16-17(2)11-13/h3-6,9-11H,7-8H2,1-2H3. The van der Waals surface area contributed by atoms with Crippen LogP contribution in [-0.4, -0.2) is 14.3 Å². The molecule has 92 valence electrons. The monoisotopic (exact) mass is 239 g/mol. The molecule has 3 heteroatoms. The molecular formula is C15H17N3. The highest BCUT2D eigenvalue weighted by molar-refractivity contribution is 5.81. The summed E-state index contributed by atoms with van der Waals surface area (Å²) >= 11 is 0. The van der Waals surface area contributed by atoms with Gasteiger partial charge >= 0.3 is 0 Å². The van der Waals surface area contributed by atoms with Crippen LogP contribution in [0.25, 0.3) is 10.9 Å². The third-order valence-electron chi connectivity index (χ3n) is 3.40. The quantitative estimate of drug-likeness (QED) is 0.689. The lowest BCUT2D eigenvalue weighted by atomic mass is 10.2. The SMILES string of the molecule is Cc1cc2ccccc2n1CCc1cnn(C)c1. The molecule has 0 saturated heterocycles. The van der Waals surface area contributed by atoms with E-state index in [1.165, 1.54) is 22.2 Å². The molecule has 0 fully saturated rings. The normalized spacial score (nSPS) is 11.2. The molecule has 0 spiro atoms. The van der Waals surface area contributed by atoms with Crippen LogP contribution in [0.1, 0.15) is 11.3 Å². The van der Waals surface area contributed by atoms with E-state index in [4.69, 9.17) is 0 Å². The Morgan fingerprint density at radius 2 is 2.06 bits per heavy atom. The molecule has 3 aromatic rings. The van der Waals surface area contributed by atoms with Gasteiger partial charge in [-0.05, 0) is 36.4 Å². The lowest BCUT2D eigenvalue weighted by Crippen LogP contribution is -2.02. The average Bonchev–Trinajstić information content (AvgIpc) is 2.90. The highest BCUT2D eigenvalue weighted by Gasteiger charge is 2.05. The van der Waals surface area contributed by atoms with E-state index < -0.39 is 0 Å². The first-order chi connectivity index (χ1) is 8.74. The first-order valence-electron chi connectivity index (χ1n) is 6.26. The molecule has 2 aromatic heterocycles. The van der Waals surface area contributed by atoms with Gasteiger partial charge in [-0.25, -0.2) is 0 Å². The third kappa shape index (κ3) is 1.92. The van der Waals surface area contributed by atoms with Crippen molar-refractivity contribution in [3.63, 3.8) is 0 Å². The van der Waals surface area contributed by atoms with Crippen molar-refractivity contribution >= 4 is 10.9 Å². The number of hydrogen-bond donors (Lipinski definition) is 0. The summed E-state index contributed by atoms with van der Waals surface area (Å²) in [5, 5.41) is 5.53. The third-order valence-corrected chi connectivity index (χ3v) is 3.40. The molecule has 0 atom stereocenters. The van der Waals surface area contributed by atoms with E-state index in [0.717, 1.165) is 13.0 Å². The Balaban J connectivity index is 1.88. The van der Waals surface area contributed by atoms with Crippen molar-refractivity contribution in [2.45, 2.75) is 19.9 Å². The van der Waals surface area contributed by atoms with Crippen LogP contribution >= 0.6 is 0 Å². The van der Waals surface area contributed by atoms with Crippen LogP contribution in [0.2, 0.25) is 0 Å². The number of aromatic nitrogens is 3. The number of rotatable bonds is 3. The molecule has 0 bridgehead atoms. The number of benzene rings is 1. The second-order valence-corrected chi connectivity index (χ2v) is 4.77. The van der Waals surface area contributed by atoms with Crippen molar-refractivity contribution in [2.24, 2.45) is 7.05 Å². The van der Waals surface area contributed by atoms with Gasteiger partial charge in [0.25, 0.3) is 0 Å². The summed E-state index contributed by atoms with van der Waals surface area (Å²) in [4.78, 5) is 0. The molecule has 18 heavy (non-hydrogen) atoms. The Kier molecular flexibility index (Phi) is 2.67. The highest BCUT2D eigenvalue weighted by Crippen LogP contribution is 2.19. The molecule has 1 aromatic carbocycles. The number of hydrogen-bond acceptors (Lipinski definition) is 1. The summed E-state index contributed by atoms with van der Waals surface area (Å²) in [6, 6.07) is 10.8. The van der Waals surface area contributed by atoms with Gasteiger partial charge in [-0.1, -0.05) is 18.2 Å². The van der Waals surface area contributed by atoms with Gasteiger partial charge in [0.05, 0.1) is 6.20 Å². The summed E-state index contributed by atoms with van der Waals surface area (Å²) in [6.07, 6.45) is 5.05. The Hall–Kier alpha value is -2.03. The predicted molar refractivity (Wildman–Crippen MR) is 73.6 cm³/mol.